The number of hydrogen-bond acceptors (Lipinski definition) is 4. The Morgan fingerprint density at radius 1 is 1.55 bits per heavy atom. The average Bonchev–Trinajstić information content (AvgIpc) is 2.50. The molecule has 3 nitrogen and oxygen atoms in total. The zero-order valence-corrected chi connectivity index (χ0v) is 6.74. The molecule has 0 radical (unpaired) electrons. The highest BCUT2D eigenvalue weighted by Crippen LogP contribution is 2.34. The fourth-order valence-electron chi connectivity index (χ4n) is 1.07. The van der Waals surface area contributed by atoms with E-state index < -0.39 is 0 Å². The van der Waals surface area contributed by atoms with Crippen molar-refractivity contribution >= 4 is 23.1 Å². The molecular weight excluding hydrogens is 158 g/mol. The van der Waals surface area contributed by atoms with Gasteiger partial charge >= 0.3 is 0 Å². The van der Waals surface area contributed by atoms with E-state index in [0.29, 0.717) is 0 Å². The Hall–Kier alpha value is -0.870. The van der Waals surface area contributed by atoms with Crippen LogP contribution in [0.25, 0.3) is 0 Å². The van der Waals surface area contributed by atoms with Crippen LogP contribution in [0.4, 0.5) is 11.4 Å². The first-order valence-electron chi connectivity index (χ1n) is 3.37. The minimum atomic E-state index is 0.958. The van der Waals surface area contributed by atoms with Crippen molar-refractivity contribution in [1.29, 1.82) is 0 Å². The minimum Gasteiger partial charge on any atom is -0.375 e. The first kappa shape index (κ1) is 6.82. The van der Waals surface area contributed by atoms with E-state index in [2.05, 4.69) is 10.7 Å². The molecule has 0 saturated heterocycles. The molecular formula is C7H9N3S. The van der Waals surface area contributed by atoms with Gasteiger partial charge in [0, 0.05) is 16.3 Å². The Labute approximate surface area is 69.3 Å². The summed E-state index contributed by atoms with van der Waals surface area (Å²) in [4.78, 5) is 1.26. The maximum Gasteiger partial charge on any atom is 0.0658 e. The third-order valence-corrected chi connectivity index (χ3v) is 2.58. The number of nitrogens with two attached hydrogens (primary N) is 1. The summed E-state index contributed by atoms with van der Waals surface area (Å²) >= 11 is 1.79. The first-order chi connectivity index (χ1) is 5.40. The molecule has 1 aromatic rings. The number of anilines is 2. The molecule has 0 fully saturated rings. The van der Waals surface area contributed by atoms with Gasteiger partial charge in [0.1, 0.15) is 0 Å². The van der Waals surface area contributed by atoms with Crippen molar-refractivity contribution in [3.05, 3.63) is 18.2 Å². The second-order valence-electron chi connectivity index (χ2n) is 2.32. The standard InChI is InChI=1S/C7H9N3S/c8-10-5-1-2-6-7(3-5)11-4-9-6/h1-3,9-10H,4,8H2. The Kier molecular flexibility index (Phi) is 1.63. The first-order valence-corrected chi connectivity index (χ1v) is 4.36. The average molecular weight is 167 g/mol. The van der Waals surface area contributed by atoms with Gasteiger partial charge in [-0.3, -0.25) is 5.84 Å². The molecule has 0 atom stereocenters. The number of rotatable bonds is 1. The molecule has 0 bridgehead atoms. The number of benzene rings is 1. The second kappa shape index (κ2) is 2.64. The molecule has 4 N–H and O–H groups in total. The summed E-state index contributed by atoms with van der Waals surface area (Å²) < 4.78 is 0. The highest BCUT2D eigenvalue weighted by molar-refractivity contribution is 7.99. The molecule has 0 aliphatic carbocycles. The molecule has 1 heterocycles. The number of nitrogens with one attached hydrogen (secondary N) is 2. The molecule has 1 aliphatic heterocycles. The summed E-state index contributed by atoms with van der Waals surface area (Å²) in [5, 5.41) is 3.25. The van der Waals surface area contributed by atoms with Crippen molar-refractivity contribution in [2.75, 3.05) is 16.6 Å². The molecule has 0 spiro atoms. The van der Waals surface area contributed by atoms with Gasteiger partial charge in [-0.25, -0.2) is 0 Å². The summed E-state index contributed by atoms with van der Waals surface area (Å²) in [5.74, 6) is 6.23. The molecule has 4 heteroatoms. The van der Waals surface area contributed by atoms with Gasteiger partial charge in [-0.1, -0.05) is 0 Å². The van der Waals surface area contributed by atoms with E-state index in [4.69, 9.17) is 5.84 Å². The van der Waals surface area contributed by atoms with Gasteiger partial charge < -0.3 is 10.7 Å². The second-order valence-corrected chi connectivity index (χ2v) is 3.34. The Morgan fingerprint density at radius 3 is 3.27 bits per heavy atom. The lowest BCUT2D eigenvalue weighted by Gasteiger charge is -2.01. The van der Waals surface area contributed by atoms with Crippen molar-refractivity contribution in [3.63, 3.8) is 0 Å². The number of thioether (sulfide) groups is 1. The van der Waals surface area contributed by atoms with Gasteiger partial charge in [-0.15, -0.1) is 11.8 Å². The zero-order chi connectivity index (χ0) is 7.68. The summed E-state index contributed by atoms with van der Waals surface area (Å²) in [6, 6.07) is 6.03. The van der Waals surface area contributed by atoms with Crippen molar-refractivity contribution in [3.8, 4) is 0 Å². The van der Waals surface area contributed by atoms with Crippen LogP contribution in [0.5, 0.6) is 0 Å². The molecule has 0 amide bonds. The molecule has 2 rings (SSSR count). The van der Waals surface area contributed by atoms with Crippen LogP contribution < -0.4 is 16.6 Å². The molecule has 11 heavy (non-hydrogen) atoms. The largest absolute Gasteiger partial charge is 0.375 e. The number of hydrazine groups is 1. The predicted octanol–water partition coefficient (Wildman–Crippen LogP) is 1.45. The van der Waals surface area contributed by atoms with Crippen molar-refractivity contribution in [2.45, 2.75) is 4.90 Å². The maximum atomic E-state index is 5.26. The van der Waals surface area contributed by atoms with E-state index in [0.717, 1.165) is 11.6 Å². The van der Waals surface area contributed by atoms with Gasteiger partial charge in [0.25, 0.3) is 0 Å². The minimum absolute atomic E-state index is 0.958. The van der Waals surface area contributed by atoms with Crippen molar-refractivity contribution in [2.24, 2.45) is 5.84 Å². The third kappa shape index (κ3) is 1.15. The van der Waals surface area contributed by atoms with E-state index in [1.807, 2.05) is 18.2 Å². The quantitative estimate of drug-likeness (QED) is 0.437. The Balaban J connectivity index is 2.41. The third-order valence-electron chi connectivity index (χ3n) is 1.64. The molecule has 58 valence electrons. The molecule has 0 aromatic heterocycles. The monoisotopic (exact) mass is 167 g/mol. The van der Waals surface area contributed by atoms with Crippen molar-refractivity contribution in [1.82, 2.24) is 0 Å². The van der Waals surface area contributed by atoms with Crippen LogP contribution >= 0.6 is 11.8 Å². The fourth-order valence-corrected chi connectivity index (χ4v) is 1.96. The van der Waals surface area contributed by atoms with Crippen LogP contribution in [-0.4, -0.2) is 5.88 Å². The summed E-state index contributed by atoms with van der Waals surface area (Å²) in [5.41, 5.74) is 4.78. The molecule has 0 saturated carbocycles. The van der Waals surface area contributed by atoms with E-state index in [1.54, 1.807) is 11.8 Å². The molecule has 1 aromatic carbocycles. The Morgan fingerprint density at radius 2 is 2.45 bits per heavy atom. The lowest BCUT2D eigenvalue weighted by molar-refractivity contribution is 1.32. The highest BCUT2D eigenvalue weighted by Gasteiger charge is 2.09. The molecule has 0 unspecified atom stereocenters. The molecule has 1 aliphatic rings. The van der Waals surface area contributed by atoms with Gasteiger partial charge in [-0.2, -0.15) is 0 Å². The normalized spacial score (nSPS) is 13.9. The van der Waals surface area contributed by atoms with Gasteiger partial charge in [0.2, 0.25) is 0 Å². The zero-order valence-electron chi connectivity index (χ0n) is 5.92. The number of nitrogen functional groups attached to an aromatic ring is 1. The highest BCUT2D eigenvalue weighted by atomic mass is 32.2. The van der Waals surface area contributed by atoms with E-state index in [9.17, 15) is 0 Å². The lowest BCUT2D eigenvalue weighted by atomic mass is 10.3. The van der Waals surface area contributed by atoms with Gasteiger partial charge in [-0.05, 0) is 18.2 Å². The topological polar surface area (TPSA) is 50.1 Å². The number of hydrogen-bond donors (Lipinski definition) is 3. The summed E-state index contributed by atoms with van der Waals surface area (Å²) in [7, 11) is 0. The number of fused-ring (bicyclic) bond motifs is 1. The van der Waals surface area contributed by atoms with E-state index >= 15 is 0 Å². The lowest BCUT2D eigenvalue weighted by Crippen LogP contribution is -2.06. The predicted molar refractivity (Wildman–Crippen MR) is 48.6 cm³/mol. The Bertz CT molecular complexity index is 274. The van der Waals surface area contributed by atoms with E-state index in [-0.39, 0.29) is 0 Å². The van der Waals surface area contributed by atoms with Crippen LogP contribution in [0.3, 0.4) is 0 Å². The van der Waals surface area contributed by atoms with Crippen LogP contribution in [-0.2, 0) is 0 Å². The van der Waals surface area contributed by atoms with Crippen LogP contribution in [0.2, 0.25) is 0 Å². The van der Waals surface area contributed by atoms with Crippen LogP contribution in [0.15, 0.2) is 23.1 Å². The van der Waals surface area contributed by atoms with Gasteiger partial charge in [0.15, 0.2) is 0 Å². The van der Waals surface area contributed by atoms with Crippen molar-refractivity contribution < 1.29 is 0 Å². The maximum absolute atomic E-state index is 5.26. The van der Waals surface area contributed by atoms with Crippen LogP contribution in [0.1, 0.15) is 0 Å². The SMILES string of the molecule is NNc1ccc2c(c1)SCN2. The van der Waals surface area contributed by atoms with E-state index in [1.165, 1.54) is 10.6 Å². The fraction of sp³-hybridized carbons (Fsp3) is 0.143. The smallest absolute Gasteiger partial charge is 0.0658 e. The van der Waals surface area contributed by atoms with Gasteiger partial charge in [0.05, 0.1) is 5.88 Å². The van der Waals surface area contributed by atoms with Crippen LogP contribution in [0, 0.1) is 0 Å². The summed E-state index contributed by atoms with van der Waals surface area (Å²) in [6.07, 6.45) is 0. The summed E-state index contributed by atoms with van der Waals surface area (Å²) in [6.45, 7) is 0.